The first-order chi connectivity index (χ1) is 9.58. The summed E-state index contributed by atoms with van der Waals surface area (Å²) in [5, 5.41) is 12.3. The first-order valence-electron chi connectivity index (χ1n) is 6.04. The summed E-state index contributed by atoms with van der Waals surface area (Å²) in [5.41, 5.74) is 0.388. The summed E-state index contributed by atoms with van der Waals surface area (Å²) >= 11 is 0. The van der Waals surface area contributed by atoms with Crippen LogP contribution in [0.5, 0.6) is 0 Å². The SMILES string of the molecule is O=C(NC[C@H](O)c1ccccc1)c1ccc(F)cc1F. The van der Waals surface area contributed by atoms with E-state index >= 15 is 0 Å². The Morgan fingerprint density at radius 3 is 2.50 bits per heavy atom. The molecule has 0 aliphatic heterocycles. The minimum Gasteiger partial charge on any atom is -0.387 e. The standard InChI is InChI=1S/C15H13F2NO2/c16-11-6-7-12(13(17)8-11)15(20)18-9-14(19)10-4-2-1-3-5-10/h1-8,14,19H,9H2,(H,18,20)/t14-/m0/s1. The summed E-state index contributed by atoms with van der Waals surface area (Å²) in [5.74, 6) is -2.38. The van der Waals surface area contributed by atoms with E-state index in [2.05, 4.69) is 5.32 Å². The second-order valence-electron chi connectivity index (χ2n) is 4.26. The van der Waals surface area contributed by atoms with Crippen LogP contribution in [0.4, 0.5) is 8.78 Å². The zero-order chi connectivity index (χ0) is 14.5. The summed E-state index contributed by atoms with van der Waals surface area (Å²) in [6.45, 7) is -0.0559. The largest absolute Gasteiger partial charge is 0.387 e. The number of aliphatic hydroxyl groups is 1. The van der Waals surface area contributed by atoms with Gasteiger partial charge in [-0.1, -0.05) is 30.3 Å². The molecule has 0 aliphatic carbocycles. The maximum absolute atomic E-state index is 13.4. The Hall–Kier alpha value is -2.27. The number of rotatable bonds is 4. The monoisotopic (exact) mass is 277 g/mol. The molecule has 2 aromatic rings. The van der Waals surface area contributed by atoms with Crippen molar-refractivity contribution in [3.63, 3.8) is 0 Å². The number of carbonyl (C=O) groups is 1. The van der Waals surface area contributed by atoms with E-state index in [1.807, 2.05) is 6.07 Å². The molecule has 0 unspecified atom stereocenters. The fraction of sp³-hybridized carbons (Fsp3) is 0.133. The molecule has 20 heavy (non-hydrogen) atoms. The fourth-order valence-electron chi connectivity index (χ4n) is 1.75. The lowest BCUT2D eigenvalue weighted by Gasteiger charge is -2.12. The van der Waals surface area contributed by atoms with Crippen LogP contribution in [-0.2, 0) is 0 Å². The van der Waals surface area contributed by atoms with Crippen LogP contribution in [0.25, 0.3) is 0 Å². The van der Waals surface area contributed by atoms with Crippen molar-refractivity contribution in [2.75, 3.05) is 6.54 Å². The molecule has 0 aliphatic rings. The highest BCUT2D eigenvalue weighted by molar-refractivity contribution is 5.94. The van der Waals surface area contributed by atoms with Gasteiger partial charge in [-0.05, 0) is 17.7 Å². The molecule has 0 bridgehead atoms. The molecule has 2 aromatic carbocycles. The summed E-state index contributed by atoms with van der Waals surface area (Å²) < 4.78 is 26.1. The molecule has 3 nitrogen and oxygen atoms in total. The highest BCUT2D eigenvalue weighted by Gasteiger charge is 2.14. The topological polar surface area (TPSA) is 49.3 Å². The van der Waals surface area contributed by atoms with Crippen LogP contribution in [0, 0.1) is 11.6 Å². The van der Waals surface area contributed by atoms with Gasteiger partial charge in [-0.15, -0.1) is 0 Å². The second-order valence-corrected chi connectivity index (χ2v) is 4.26. The molecule has 1 atom stereocenters. The van der Waals surface area contributed by atoms with E-state index in [0.717, 1.165) is 12.1 Å². The van der Waals surface area contributed by atoms with Crippen molar-refractivity contribution in [1.29, 1.82) is 0 Å². The lowest BCUT2D eigenvalue weighted by Crippen LogP contribution is -2.29. The lowest BCUT2D eigenvalue weighted by atomic mass is 10.1. The Bertz CT molecular complexity index is 602. The second kappa shape index (κ2) is 6.25. The maximum atomic E-state index is 13.4. The number of halogens is 2. The van der Waals surface area contributed by atoms with Gasteiger partial charge in [0.2, 0.25) is 0 Å². The van der Waals surface area contributed by atoms with Gasteiger partial charge in [0.1, 0.15) is 11.6 Å². The Morgan fingerprint density at radius 2 is 1.85 bits per heavy atom. The minimum absolute atomic E-state index is 0.0559. The summed E-state index contributed by atoms with van der Waals surface area (Å²) in [6, 6.07) is 11.5. The Kier molecular flexibility index (Phi) is 4.42. The van der Waals surface area contributed by atoms with Gasteiger partial charge in [-0.25, -0.2) is 8.78 Å². The third kappa shape index (κ3) is 3.39. The van der Waals surface area contributed by atoms with Gasteiger partial charge in [0, 0.05) is 12.6 Å². The van der Waals surface area contributed by atoms with Crippen LogP contribution >= 0.6 is 0 Å². The van der Waals surface area contributed by atoms with Gasteiger partial charge in [-0.3, -0.25) is 4.79 Å². The van der Waals surface area contributed by atoms with Crippen LogP contribution in [0.2, 0.25) is 0 Å². The molecular weight excluding hydrogens is 264 g/mol. The highest BCUT2D eigenvalue weighted by atomic mass is 19.1. The summed E-state index contributed by atoms with van der Waals surface area (Å²) in [6.07, 6.45) is -0.886. The number of aliphatic hydroxyl groups excluding tert-OH is 1. The normalized spacial score (nSPS) is 11.9. The van der Waals surface area contributed by atoms with Gasteiger partial charge in [0.15, 0.2) is 0 Å². The first-order valence-corrected chi connectivity index (χ1v) is 6.04. The van der Waals surface area contributed by atoms with Gasteiger partial charge < -0.3 is 10.4 Å². The van der Waals surface area contributed by atoms with Crippen molar-refractivity contribution in [2.45, 2.75) is 6.10 Å². The van der Waals surface area contributed by atoms with E-state index in [-0.39, 0.29) is 12.1 Å². The summed E-state index contributed by atoms with van der Waals surface area (Å²) in [7, 11) is 0. The van der Waals surface area contributed by atoms with E-state index in [9.17, 15) is 18.7 Å². The average molecular weight is 277 g/mol. The molecule has 0 saturated heterocycles. The van der Waals surface area contributed by atoms with Crippen molar-refractivity contribution < 1.29 is 18.7 Å². The Labute approximate surface area is 114 Å². The Morgan fingerprint density at radius 1 is 1.15 bits per heavy atom. The molecular formula is C15H13F2NO2. The molecule has 0 spiro atoms. The number of carbonyl (C=O) groups excluding carboxylic acids is 1. The third-order valence-corrected chi connectivity index (χ3v) is 2.82. The van der Waals surface area contributed by atoms with E-state index in [1.165, 1.54) is 0 Å². The smallest absolute Gasteiger partial charge is 0.254 e. The van der Waals surface area contributed by atoms with E-state index in [0.29, 0.717) is 11.6 Å². The van der Waals surface area contributed by atoms with Gasteiger partial charge in [0.25, 0.3) is 5.91 Å². The third-order valence-electron chi connectivity index (χ3n) is 2.82. The summed E-state index contributed by atoms with van der Waals surface area (Å²) in [4.78, 5) is 11.7. The van der Waals surface area contributed by atoms with Crippen molar-refractivity contribution in [3.05, 3.63) is 71.3 Å². The predicted octanol–water partition coefficient (Wildman–Crippen LogP) is 2.43. The van der Waals surface area contributed by atoms with Crippen LogP contribution in [0.3, 0.4) is 0 Å². The number of hydrogen-bond donors (Lipinski definition) is 2. The van der Waals surface area contributed by atoms with E-state index in [4.69, 9.17) is 0 Å². The Balaban J connectivity index is 1.99. The number of benzene rings is 2. The molecule has 0 radical (unpaired) electrons. The molecule has 0 aromatic heterocycles. The molecule has 104 valence electrons. The van der Waals surface area contributed by atoms with Crippen molar-refractivity contribution in [2.24, 2.45) is 0 Å². The zero-order valence-corrected chi connectivity index (χ0v) is 10.5. The van der Waals surface area contributed by atoms with Crippen molar-refractivity contribution in [1.82, 2.24) is 5.32 Å². The van der Waals surface area contributed by atoms with Gasteiger partial charge >= 0.3 is 0 Å². The fourth-order valence-corrected chi connectivity index (χ4v) is 1.75. The lowest BCUT2D eigenvalue weighted by molar-refractivity contribution is 0.0912. The first kappa shape index (κ1) is 14.1. The maximum Gasteiger partial charge on any atom is 0.254 e. The van der Waals surface area contributed by atoms with Crippen LogP contribution < -0.4 is 5.32 Å². The molecule has 0 heterocycles. The van der Waals surface area contributed by atoms with Crippen molar-refractivity contribution in [3.8, 4) is 0 Å². The van der Waals surface area contributed by atoms with Gasteiger partial charge in [-0.2, -0.15) is 0 Å². The van der Waals surface area contributed by atoms with Crippen LogP contribution in [0.1, 0.15) is 22.0 Å². The van der Waals surface area contributed by atoms with Crippen molar-refractivity contribution >= 4 is 5.91 Å². The van der Waals surface area contributed by atoms with E-state index < -0.39 is 23.6 Å². The predicted molar refractivity (Wildman–Crippen MR) is 70.1 cm³/mol. The number of nitrogens with one attached hydrogen (secondary N) is 1. The van der Waals surface area contributed by atoms with Crippen LogP contribution in [0.15, 0.2) is 48.5 Å². The molecule has 0 saturated carbocycles. The number of hydrogen-bond acceptors (Lipinski definition) is 2. The molecule has 0 fully saturated rings. The van der Waals surface area contributed by atoms with E-state index in [1.54, 1.807) is 24.3 Å². The van der Waals surface area contributed by atoms with Gasteiger partial charge in [0.05, 0.1) is 11.7 Å². The average Bonchev–Trinajstić information content (AvgIpc) is 2.45. The highest BCUT2D eigenvalue weighted by Crippen LogP contribution is 2.12. The molecule has 2 rings (SSSR count). The molecule has 5 heteroatoms. The number of amides is 1. The molecule has 2 N–H and O–H groups in total. The molecule has 1 amide bonds. The quantitative estimate of drug-likeness (QED) is 0.901. The minimum atomic E-state index is -0.934. The zero-order valence-electron chi connectivity index (χ0n) is 10.5. The van der Waals surface area contributed by atoms with Crippen LogP contribution in [-0.4, -0.2) is 17.6 Å².